The maximum absolute atomic E-state index is 12.4. The molecule has 0 aromatic carbocycles. The average molecular weight is 295 g/mol. The van der Waals surface area contributed by atoms with Crippen LogP contribution in [0.25, 0.3) is 0 Å². The van der Waals surface area contributed by atoms with Crippen LogP contribution in [0.15, 0.2) is 16.8 Å². The fourth-order valence-corrected chi connectivity index (χ4v) is 2.77. The molecule has 0 bridgehead atoms. The molecule has 0 saturated carbocycles. The van der Waals surface area contributed by atoms with E-state index in [1.54, 1.807) is 28.7 Å². The summed E-state index contributed by atoms with van der Waals surface area (Å²) >= 11 is 5.92. The number of carbonyl (C=O) groups is 1. The largest absolute Gasteiger partial charge is 0.345 e. The Morgan fingerprint density at radius 3 is 2.95 bits per heavy atom. The normalized spacial score (nSPS) is 18.8. The quantitative estimate of drug-likeness (QED) is 0.850. The van der Waals surface area contributed by atoms with E-state index in [0.717, 1.165) is 6.42 Å². The van der Waals surface area contributed by atoms with Crippen molar-refractivity contribution in [3.8, 4) is 0 Å². The Morgan fingerprint density at radius 2 is 2.35 bits per heavy atom. The highest BCUT2D eigenvalue weighted by molar-refractivity contribution is 6.31. The summed E-state index contributed by atoms with van der Waals surface area (Å²) in [4.78, 5) is 18.5. The summed E-state index contributed by atoms with van der Waals surface area (Å²) in [5, 5.41) is 4.36. The lowest BCUT2D eigenvalue weighted by molar-refractivity contribution is 0.0780. The van der Waals surface area contributed by atoms with Gasteiger partial charge in [-0.3, -0.25) is 4.79 Å². The van der Waals surface area contributed by atoms with E-state index in [2.05, 4.69) is 10.1 Å². The molecule has 1 aliphatic heterocycles. The van der Waals surface area contributed by atoms with E-state index < -0.39 is 0 Å². The first-order chi connectivity index (χ1) is 9.54. The van der Waals surface area contributed by atoms with E-state index in [4.69, 9.17) is 16.1 Å². The average Bonchev–Trinajstić information content (AvgIpc) is 3.08. The topological polar surface area (TPSA) is 64.2 Å². The van der Waals surface area contributed by atoms with Crippen LogP contribution < -0.4 is 0 Å². The Morgan fingerprint density at radius 1 is 1.55 bits per heavy atom. The summed E-state index contributed by atoms with van der Waals surface area (Å²) in [6, 6.07) is 1.69. The predicted molar refractivity (Wildman–Crippen MR) is 72.7 cm³/mol. The number of carbonyl (C=O) groups excluding carboxylic acids is 1. The number of aryl methyl sites for hydroxylation is 2. The number of hydrogen-bond donors (Lipinski definition) is 0. The molecule has 2 aromatic heterocycles. The van der Waals surface area contributed by atoms with Crippen molar-refractivity contribution in [2.75, 3.05) is 13.1 Å². The van der Waals surface area contributed by atoms with Crippen LogP contribution in [0.5, 0.6) is 0 Å². The molecule has 2 aromatic rings. The lowest BCUT2D eigenvalue weighted by Crippen LogP contribution is -2.29. The maximum atomic E-state index is 12.4. The molecule has 0 N–H and O–H groups in total. The first-order valence-corrected chi connectivity index (χ1v) is 6.83. The highest BCUT2D eigenvalue weighted by Gasteiger charge is 2.32. The van der Waals surface area contributed by atoms with Gasteiger partial charge in [-0.05, 0) is 19.4 Å². The molecule has 6 nitrogen and oxygen atoms in total. The van der Waals surface area contributed by atoms with Gasteiger partial charge < -0.3 is 14.0 Å². The molecule has 1 atom stereocenters. The van der Waals surface area contributed by atoms with Crippen LogP contribution in [0.2, 0.25) is 5.02 Å². The summed E-state index contributed by atoms with van der Waals surface area (Å²) in [6.45, 7) is 3.08. The lowest BCUT2D eigenvalue weighted by atomic mass is 10.1. The van der Waals surface area contributed by atoms with Gasteiger partial charge in [-0.1, -0.05) is 16.8 Å². The van der Waals surface area contributed by atoms with Gasteiger partial charge >= 0.3 is 0 Å². The predicted octanol–water partition coefficient (Wildman–Crippen LogP) is 2.00. The highest BCUT2D eigenvalue weighted by Crippen LogP contribution is 2.27. The molecule has 1 saturated heterocycles. The third kappa shape index (κ3) is 2.31. The SMILES string of the molecule is Cc1noc([C@@H]2CCN(C(=O)c3cc(Cl)cn3C)C2)n1. The summed E-state index contributed by atoms with van der Waals surface area (Å²) in [6.07, 6.45) is 2.56. The minimum Gasteiger partial charge on any atom is -0.345 e. The molecule has 0 unspecified atom stereocenters. The van der Waals surface area contributed by atoms with E-state index in [1.165, 1.54) is 0 Å². The maximum Gasteiger partial charge on any atom is 0.270 e. The van der Waals surface area contributed by atoms with Crippen LogP contribution in [0.4, 0.5) is 0 Å². The Labute approximate surface area is 121 Å². The van der Waals surface area contributed by atoms with E-state index in [0.29, 0.717) is 35.5 Å². The summed E-state index contributed by atoms with van der Waals surface area (Å²) in [7, 11) is 1.81. The van der Waals surface area contributed by atoms with E-state index in [-0.39, 0.29) is 11.8 Å². The van der Waals surface area contributed by atoms with E-state index >= 15 is 0 Å². The number of likely N-dealkylation sites (tertiary alicyclic amines) is 1. The second-order valence-corrected chi connectivity index (χ2v) is 5.51. The number of amides is 1. The van der Waals surface area contributed by atoms with Gasteiger partial charge in [-0.15, -0.1) is 0 Å². The smallest absolute Gasteiger partial charge is 0.270 e. The Hall–Kier alpha value is -1.82. The third-order valence-electron chi connectivity index (χ3n) is 3.56. The second-order valence-electron chi connectivity index (χ2n) is 5.07. The van der Waals surface area contributed by atoms with Crippen LogP contribution in [-0.4, -0.2) is 38.6 Å². The van der Waals surface area contributed by atoms with Crippen molar-refractivity contribution in [1.29, 1.82) is 0 Å². The number of aromatic nitrogens is 3. The van der Waals surface area contributed by atoms with Crippen LogP contribution in [0.1, 0.15) is 34.5 Å². The zero-order chi connectivity index (χ0) is 14.3. The van der Waals surface area contributed by atoms with Crippen LogP contribution in [-0.2, 0) is 7.05 Å². The van der Waals surface area contributed by atoms with Crippen LogP contribution in [0.3, 0.4) is 0 Å². The van der Waals surface area contributed by atoms with Gasteiger partial charge in [0.05, 0.1) is 10.9 Å². The van der Waals surface area contributed by atoms with Crippen LogP contribution >= 0.6 is 11.6 Å². The van der Waals surface area contributed by atoms with Crippen molar-refractivity contribution in [2.24, 2.45) is 7.05 Å². The molecule has 0 aliphatic carbocycles. The van der Waals surface area contributed by atoms with E-state index in [9.17, 15) is 4.79 Å². The molecular weight excluding hydrogens is 280 g/mol. The molecule has 0 spiro atoms. The molecule has 3 heterocycles. The fraction of sp³-hybridized carbons (Fsp3) is 0.462. The molecule has 3 rings (SSSR count). The zero-order valence-electron chi connectivity index (χ0n) is 11.3. The molecule has 106 valence electrons. The summed E-state index contributed by atoms with van der Waals surface area (Å²) < 4.78 is 6.93. The van der Waals surface area contributed by atoms with Crippen molar-refractivity contribution in [2.45, 2.75) is 19.3 Å². The van der Waals surface area contributed by atoms with Crippen molar-refractivity contribution in [1.82, 2.24) is 19.6 Å². The molecule has 20 heavy (non-hydrogen) atoms. The highest BCUT2D eigenvalue weighted by atomic mass is 35.5. The molecule has 0 radical (unpaired) electrons. The van der Waals surface area contributed by atoms with Crippen molar-refractivity contribution < 1.29 is 9.32 Å². The standard InChI is InChI=1S/C13H15ClN4O2/c1-8-15-12(20-16-8)9-3-4-18(6-9)13(19)11-5-10(14)7-17(11)2/h5,7,9H,3-4,6H2,1-2H3/t9-/m1/s1. The van der Waals surface area contributed by atoms with Gasteiger partial charge in [0, 0.05) is 26.3 Å². The number of rotatable bonds is 2. The minimum absolute atomic E-state index is 0.0156. The van der Waals surface area contributed by atoms with Gasteiger partial charge in [-0.25, -0.2) is 0 Å². The van der Waals surface area contributed by atoms with Crippen molar-refractivity contribution in [3.05, 3.63) is 34.7 Å². The van der Waals surface area contributed by atoms with Crippen LogP contribution in [0, 0.1) is 6.92 Å². The molecule has 1 amide bonds. The number of hydrogen-bond acceptors (Lipinski definition) is 4. The van der Waals surface area contributed by atoms with Gasteiger partial charge in [-0.2, -0.15) is 4.98 Å². The van der Waals surface area contributed by atoms with Gasteiger partial charge in [0.25, 0.3) is 5.91 Å². The molecule has 1 fully saturated rings. The zero-order valence-corrected chi connectivity index (χ0v) is 12.1. The lowest BCUT2D eigenvalue weighted by Gasteiger charge is -2.16. The summed E-state index contributed by atoms with van der Waals surface area (Å²) in [5.41, 5.74) is 0.595. The number of halogens is 1. The first-order valence-electron chi connectivity index (χ1n) is 6.46. The van der Waals surface area contributed by atoms with E-state index in [1.807, 2.05) is 7.05 Å². The second kappa shape index (κ2) is 4.94. The molecular formula is C13H15ClN4O2. The Bertz CT molecular complexity index is 649. The van der Waals surface area contributed by atoms with Gasteiger partial charge in [0.2, 0.25) is 5.89 Å². The summed E-state index contributed by atoms with van der Waals surface area (Å²) in [5.74, 6) is 1.34. The Balaban J connectivity index is 1.74. The van der Waals surface area contributed by atoms with Gasteiger partial charge in [0.15, 0.2) is 5.82 Å². The third-order valence-corrected chi connectivity index (χ3v) is 3.77. The monoisotopic (exact) mass is 294 g/mol. The van der Waals surface area contributed by atoms with Crippen molar-refractivity contribution in [3.63, 3.8) is 0 Å². The Kier molecular flexibility index (Phi) is 3.25. The van der Waals surface area contributed by atoms with Crippen molar-refractivity contribution >= 4 is 17.5 Å². The molecule has 7 heteroatoms. The number of nitrogens with zero attached hydrogens (tertiary/aromatic N) is 4. The minimum atomic E-state index is -0.0156. The van der Waals surface area contributed by atoms with Gasteiger partial charge in [0.1, 0.15) is 5.69 Å². The first kappa shape index (κ1) is 13.2. The fourth-order valence-electron chi connectivity index (χ4n) is 2.52. The molecule has 1 aliphatic rings.